The van der Waals surface area contributed by atoms with E-state index in [9.17, 15) is 0 Å². The first-order valence-corrected chi connectivity index (χ1v) is 7.90. The molecule has 2 aromatic heterocycles. The van der Waals surface area contributed by atoms with Crippen molar-refractivity contribution in [3.05, 3.63) is 29.3 Å². The van der Waals surface area contributed by atoms with E-state index in [1.807, 2.05) is 11.7 Å². The van der Waals surface area contributed by atoms with Gasteiger partial charge in [-0.25, -0.2) is 0 Å². The Hall–Kier alpha value is -1.17. The zero-order valence-corrected chi connectivity index (χ0v) is 13.2. The molecule has 1 unspecified atom stereocenters. The maximum Gasteiger partial charge on any atom is 0.107 e. The third-order valence-corrected chi connectivity index (χ3v) is 4.34. The number of aliphatic hydroxyl groups is 1. The topological polar surface area (TPSA) is 50.1 Å². The van der Waals surface area contributed by atoms with Crippen LogP contribution >= 0.6 is 11.3 Å². The zero-order chi connectivity index (χ0) is 14.5. The Labute approximate surface area is 124 Å². The third-order valence-electron chi connectivity index (χ3n) is 3.46. The fourth-order valence-corrected chi connectivity index (χ4v) is 3.08. The van der Waals surface area contributed by atoms with Gasteiger partial charge >= 0.3 is 0 Å². The number of aromatic nitrogens is 2. The van der Waals surface area contributed by atoms with Gasteiger partial charge in [0.15, 0.2) is 0 Å². The molecule has 0 bridgehead atoms. The smallest absolute Gasteiger partial charge is 0.107 e. The lowest BCUT2D eigenvalue weighted by Crippen LogP contribution is -2.34. The van der Waals surface area contributed by atoms with Gasteiger partial charge in [0.2, 0.25) is 0 Å². The van der Waals surface area contributed by atoms with Crippen LogP contribution in [0.5, 0.6) is 0 Å². The molecule has 0 amide bonds. The predicted octanol–water partition coefficient (Wildman–Crippen LogP) is 2.65. The second-order valence-corrected chi connectivity index (χ2v) is 6.35. The average Bonchev–Trinajstić information content (AvgIpc) is 3.03. The second-order valence-electron chi connectivity index (χ2n) is 5.40. The van der Waals surface area contributed by atoms with E-state index in [0.29, 0.717) is 12.0 Å². The standard InChI is InChI=1S/C15H23N3OS/c1-11(2)13(6-7-19)16-9-12-10-18(3)17-15(12)14-5-4-8-20-14/h4-5,8,10-11,13,16,19H,6-7,9H2,1-3H3. The summed E-state index contributed by atoms with van der Waals surface area (Å²) in [6.07, 6.45) is 2.85. The molecule has 2 aromatic rings. The number of hydrogen-bond donors (Lipinski definition) is 2. The number of rotatable bonds is 7. The van der Waals surface area contributed by atoms with E-state index in [1.54, 1.807) is 11.3 Å². The molecule has 0 saturated carbocycles. The molecule has 0 spiro atoms. The molecule has 0 aliphatic rings. The molecule has 0 fully saturated rings. The largest absolute Gasteiger partial charge is 0.396 e. The Kier molecular flexibility index (Phi) is 5.34. The first-order valence-electron chi connectivity index (χ1n) is 7.02. The van der Waals surface area contributed by atoms with E-state index in [4.69, 9.17) is 5.11 Å². The molecule has 0 aliphatic carbocycles. The lowest BCUT2D eigenvalue weighted by molar-refractivity contribution is 0.244. The summed E-state index contributed by atoms with van der Waals surface area (Å²) >= 11 is 1.71. The average molecular weight is 293 g/mol. The normalized spacial score (nSPS) is 13.1. The maximum absolute atomic E-state index is 9.14. The van der Waals surface area contributed by atoms with Crippen molar-refractivity contribution in [3.63, 3.8) is 0 Å². The molecule has 5 heteroatoms. The molecule has 0 saturated heterocycles. The van der Waals surface area contributed by atoms with Gasteiger partial charge in [0, 0.05) is 38.0 Å². The van der Waals surface area contributed by atoms with Crippen LogP contribution in [0.2, 0.25) is 0 Å². The van der Waals surface area contributed by atoms with E-state index >= 15 is 0 Å². The predicted molar refractivity (Wildman–Crippen MR) is 83.7 cm³/mol. The fraction of sp³-hybridized carbons (Fsp3) is 0.533. The molecule has 20 heavy (non-hydrogen) atoms. The molecular formula is C15H23N3OS. The summed E-state index contributed by atoms with van der Waals surface area (Å²) in [4.78, 5) is 1.20. The van der Waals surface area contributed by atoms with Crippen molar-refractivity contribution in [1.82, 2.24) is 15.1 Å². The van der Waals surface area contributed by atoms with Crippen LogP contribution in [0, 0.1) is 5.92 Å². The number of aliphatic hydroxyl groups excluding tert-OH is 1. The summed E-state index contributed by atoms with van der Waals surface area (Å²) in [5.74, 6) is 0.504. The monoisotopic (exact) mass is 293 g/mol. The number of nitrogens with zero attached hydrogens (tertiary/aromatic N) is 2. The molecule has 2 heterocycles. The Balaban J connectivity index is 2.10. The van der Waals surface area contributed by atoms with Gasteiger partial charge < -0.3 is 10.4 Å². The Morgan fingerprint density at radius 2 is 2.25 bits per heavy atom. The van der Waals surface area contributed by atoms with Crippen molar-refractivity contribution >= 4 is 11.3 Å². The Bertz CT molecular complexity index is 519. The van der Waals surface area contributed by atoms with E-state index < -0.39 is 0 Å². The number of thiophene rings is 1. The molecule has 0 radical (unpaired) electrons. The first-order chi connectivity index (χ1) is 9.61. The van der Waals surface area contributed by atoms with Crippen molar-refractivity contribution in [2.24, 2.45) is 13.0 Å². The lowest BCUT2D eigenvalue weighted by atomic mass is 10.0. The van der Waals surface area contributed by atoms with Crippen LogP contribution in [0.15, 0.2) is 23.7 Å². The summed E-state index contributed by atoms with van der Waals surface area (Å²) in [6, 6.07) is 4.48. The van der Waals surface area contributed by atoms with Crippen molar-refractivity contribution in [3.8, 4) is 10.6 Å². The van der Waals surface area contributed by atoms with Gasteiger partial charge in [-0.05, 0) is 23.8 Å². The van der Waals surface area contributed by atoms with Crippen LogP contribution in [0.4, 0.5) is 0 Å². The van der Waals surface area contributed by atoms with Crippen molar-refractivity contribution in [1.29, 1.82) is 0 Å². The van der Waals surface area contributed by atoms with Crippen molar-refractivity contribution < 1.29 is 5.11 Å². The van der Waals surface area contributed by atoms with Crippen molar-refractivity contribution in [2.45, 2.75) is 32.9 Å². The summed E-state index contributed by atoms with van der Waals surface area (Å²) in [6.45, 7) is 5.36. The van der Waals surface area contributed by atoms with Gasteiger partial charge in [0.25, 0.3) is 0 Å². The van der Waals surface area contributed by atoms with E-state index in [-0.39, 0.29) is 6.61 Å². The quantitative estimate of drug-likeness (QED) is 0.825. The van der Waals surface area contributed by atoms with Gasteiger partial charge in [-0.3, -0.25) is 4.68 Å². The molecule has 0 aromatic carbocycles. The highest BCUT2D eigenvalue weighted by atomic mass is 32.1. The Morgan fingerprint density at radius 3 is 2.85 bits per heavy atom. The van der Waals surface area contributed by atoms with E-state index in [2.05, 4.69) is 48.0 Å². The highest BCUT2D eigenvalue weighted by Crippen LogP contribution is 2.26. The molecular weight excluding hydrogens is 270 g/mol. The lowest BCUT2D eigenvalue weighted by Gasteiger charge is -2.21. The number of hydrogen-bond acceptors (Lipinski definition) is 4. The van der Waals surface area contributed by atoms with Gasteiger partial charge in [-0.15, -0.1) is 11.3 Å². The van der Waals surface area contributed by atoms with Crippen molar-refractivity contribution in [2.75, 3.05) is 6.61 Å². The molecule has 2 N–H and O–H groups in total. The Morgan fingerprint density at radius 1 is 1.45 bits per heavy atom. The van der Waals surface area contributed by atoms with Crippen LogP contribution in [0.1, 0.15) is 25.8 Å². The molecule has 4 nitrogen and oxygen atoms in total. The van der Waals surface area contributed by atoms with E-state index in [0.717, 1.165) is 18.7 Å². The van der Waals surface area contributed by atoms with Gasteiger partial charge in [-0.2, -0.15) is 5.10 Å². The highest BCUT2D eigenvalue weighted by molar-refractivity contribution is 7.13. The van der Waals surface area contributed by atoms with Crippen LogP contribution in [-0.2, 0) is 13.6 Å². The number of nitrogens with one attached hydrogen (secondary N) is 1. The maximum atomic E-state index is 9.14. The summed E-state index contributed by atoms with van der Waals surface area (Å²) in [5.41, 5.74) is 2.26. The minimum Gasteiger partial charge on any atom is -0.396 e. The zero-order valence-electron chi connectivity index (χ0n) is 12.3. The van der Waals surface area contributed by atoms with Crippen LogP contribution < -0.4 is 5.32 Å². The minimum absolute atomic E-state index is 0.223. The minimum atomic E-state index is 0.223. The van der Waals surface area contributed by atoms with E-state index in [1.165, 1.54) is 10.4 Å². The summed E-state index contributed by atoms with van der Waals surface area (Å²) in [5, 5.41) is 19.3. The second kappa shape index (κ2) is 7.02. The molecule has 0 aliphatic heterocycles. The fourth-order valence-electron chi connectivity index (χ4n) is 2.34. The van der Waals surface area contributed by atoms with Crippen LogP contribution in [0.25, 0.3) is 10.6 Å². The first kappa shape index (κ1) is 15.2. The number of aryl methyl sites for hydroxylation is 1. The van der Waals surface area contributed by atoms with Crippen LogP contribution in [0.3, 0.4) is 0 Å². The van der Waals surface area contributed by atoms with Gasteiger partial charge in [0.05, 0.1) is 4.88 Å². The summed E-state index contributed by atoms with van der Waals surface area (Å²) < 4.78 is 1.86. The summed E-state index contributed by atoms with van der Waals surface area (Å²) in [7, 11) is 1.95. The highest BCUT2D eigenvalue weighted by Gasteiger charge is 2.15. The molecule has 110 valence electrons. The van der Waals surface area contributed by atoms with Gasteiger partial charge in [-0.1, -0.05) is 19.9 Å². The molecule has 2 rings (SSSR count). The molecule has 1 atom stereocenters. The SMILES string of the molecule is CC(C)C(CCO)NCc1cn(C)nc1-c1cccs1. The van der Waals surface area contributed by atoms with Crippen LogP contribution in [-0.4, -0.2) is 27.5 Å². The van der Waals surface area contributed by atoms with Gasteiger partial charge in [0.1, 0.15) is 5.69 Å². The third kappa shape index (κ3) is 3.69.